The lowest BCUT2D eigenvalue weighted by Gasteiger charge is -2.32. The van der Waals surface area contributed by atoms with Crippen molar-refractivity contribution in [3.63, 3.8) is 0 Å². The Hall–Kier alpha value is -3.36. The van der Waals surface area contributed by atoms with E-state index in [0.29, 0.717) is 6.54 Å². The molecule has 0 fully saturated rings. The van der Waals surface area contributed by atoms with E-state index >= 15 is 0 Å². The molecule has 0 aromatic heterocycles. The van der Waals surface area contributed by atoms with Gasteiger partial charge in [0.05, 0.1) is 15.6 Å². The number of para-hydroxylation sites is 1. The Morgan fingerprint density at radius 1 is 0.972 bits per heavy atom. The maximum Gasteiger partial charge on any atom is 0.264 e. The second kappa shape index (κ2) is 12.1. The van der Waals surface area contributed by atoms with Crippen LogP contribution in [0.3, 0.4) is 0 Å². The standard InChI is InChI=1S/C27H30ClN3O4S/c1-4-29-27(33)21(3)30(18-22-12-10-11-20(2)17-22)26(32)19-31(25-16-9-8-15-24(25)28)36(34,35)23-13-6-5-7-14-23/h5-17,21H,4,18-19H2,1-3H3,(H,29,33)/t21-/m0/s1. The molecule has 0 saturated carbocycles. The number of anilines is 1. The Morgan fingerprint density at radius 3 is 2.28 bits per heavy atom. The number of likely N-dealkylation sites (N-methyl/N-ethyl adjacent to an activating group) is 1. The minimum absolute atomic E-state index is 0.0275. The van der Waals surface area contributed by atoms with Gasteiger partial charge in [0.25, 0.3) is 10.0 Å². The van der Waals surface area contributed by atoms with Gasteiger partial charge in [-0.15, -0.1) is 0 Å². The summed E-state index contributed by atoms with van der Waals surface area (Å²) in [5.41, 5.74) is 2.02. The molecule has 0 aliphatic rings. The van der Waals surface area contributed by atoms with Crippen LogP contribution in [0.25, 0.3) is 0 Å². The predicted molar refractivity (Wildman–Crippen MR) is 142 cm³/mol. The Balaban J connectivity index is 2.03. The Bertz CT molecular complexity index is 1320. The molecule has 0 unspecified atom stereocenters. The van der Waals surface area contributed by atoms with Crippen molar-refractivity contribution in [1.82, 2.24) is 10.2 Å². The monoisotopic (exact) mass is 527 g/mol. The summed E-state index contributed by atoms with van der Waals surface area (Å²) >= 11 is 6.38. The zero-order chi connectivity index (χ0) is 26.3. The lowest BCUT2D eigenvalue weighted by atomic mass is 10.1. The van der Waals surface area contributed by atoms with Crippen LogP contribution in [0.2, 0.25) is 5.02 Å². The molecule has 7 nitrogen and oxygen atoms in total. The van der Waals surface area contributed by atoms with Crippen LogP contribution < -0.4 is 9.62 Å². The molecule has 1 N–H and O–H groups in total. The molecule has 0 saturated heterocycles. The number of carbonyl (C=O) groups is 2. The maximum absolute atomic E-state index is 13.8. The molecule has 36 heavy (non-hydrogen) atoms. The molecule has 0 aliphatic heterocycles. The second-order valence-corrected chi connectivity index (χ2v) is 10.6. The number of aryl methyl sites for hydroxylation is 1. The van der Waals surface area contributed by atoms with Crippen LogP contribution in [0.1, 0.15) is 25.0 Å². The van der Waals surface area contributed by atoms with Gasteiger partial charge in [0.2, 0.25) is 11.8 Å². The highest BCUT2D eigenvalue weighted by molar-refractivity contribution is 7.92. The van der Waals surface area contributed by atoms with Gasteiger partial charge in [-0.25, -0.2) is 8.42 Å². The fourth-order valence-corrected chi connectivity index (χ4v) is 5.54. The summed E-state index contributed by atoms with van der Waals surface area (Å²) in [6.45, 7) is 5.38. The van der Waals surface area contributed by atoms with Crippen LogP contribution >= 0.6 is 11.6 Å². The van der Waals surface area contributed by atoms with Crippen molar-refractivity contribution >= 4 is 39.1 Å². The van der Waals surface area contributed by atoms with Gasteiger partial charge < -0.3 is 10.2 Å². The average Bonchev–Trinajstić information content (AvgIpc) is 2.86. The Kier molecular flexibility index (Phi) is 9.12. The first-order valence-electron chi connectivity index (χ1n) is 11.6. The van der Waals surface area contributed by atoms with Crippen molar-refractivity contribution in [3.05, 3.63) is 95.0 Å². The number of hydrogen-bond donors (Lipinski definition) is 1. The summed E-state index contributed by atoms with van der Waals surface area (Å²) in [4.78, 5) is 27.9. The molecular weight excluding hydrogens is 498 g/mol. The third-order valence-corrected chi connectivity index (χ3v) is 7.78. The number of halogens is 1. The summed E-state index contributed by atoms with van der Waals surface area (Å²) in [7, 11) is -4.14. The van der Waals surface area contributed by atoms with Gasteiger partial charge in [0.1, 0.15) is 12.6 Å². The van der Waals surface area contributed by atoms with Gasteiger partial charge in [-0.05, 0) is 50.6 Å². The molecule has 0 spiro atoms. The molecule has 1 atom stereocenters. The SMILES string of the molecule is CCNC(=O)[C@H](C)N(Cc1cccc(C)c1)C(=O)CN(c1ccccc1Cl)S(=O)(=O)c1ccccc1. The van der Waals surface area contributed by atoms with Gasteiger partial charge in [0.15, 0.2) is 0 Å². The minimum Gasteiger partial charge on any atom is -0.355 e. The first kappa shape index (κ1) is 27.2. The number of hydrogen-bond acceptors (Lipinski definition) is 4. The highest BCUT2D eigenvalue weighted by Gasteiger charge is 2.33. The normalized spacial score (nSPS) is 12.0. The third kappa shape index (κ3) is 6.44. The number of amides is 2. The number of nitrogens with zero attached hydrogens (tertiary/aromatic N) is 2. The van der Waals surface area contributed by atoms with Gasteiger partial charge in [-0.3, -0.25) is 13.9 Å². The van der Waals surface area contributed by atoms with Gasteiger partial charge >= 0.3 is 0 Å². The zero-order valence-electron chi connectivity index (χ0n) is 20.5. The van der Waals surface area contributed by atoms with Gasteiger partial charge in [-0.2, -0.15) is 0 Å². The van der Waals surface area contributed by atoms with Crippen molar-refractivity contribution in [2.24, 2.45) is 0 Å². The van der Waals surface area contributed by atoms with E-state index in [1.165, 1.54) is 17.0 Å². The summed E-state index contributed by atoms with van der Waals surface area (Å²) < 4.78 is 28.3. The van der Waals surface area contributed by atoms with Crippen LogP contribution in [0.4, 0.5) is 5.69 Å². The number of carbonyl (C=O) groups excluding carboxylic acids is 2. The lowest BCUT2D eigenvalue weighted by Crippen LogP contribution is -2.51. The van der Waals surface area contributed by atoms with Crippen molar-refractivity contribution in [3.8, 4) is 0 Å². The third-order valence-electron chi connectivity index (χ3n) is 5.68. The molecule has 0 heterocycles. The van der Waals surface area contributed by atoms with Gasteiger partial charge in [0, 0.05) is 13.1 Å². The number of nitrogens with one attached hydrogen (secondary N) is 1. The van der Waals surface area contributed by atoms with Gasteiger partial charge in [-0.1, -0.05) is 71.8 Å². The van der Waals surface area contributed by atoms with Crippen molar-refractivity contribution < 1.29 is 18.0 Å². The summed E-state index contributed by atoms with van der Waals surface area (Å²) in [6, 6.07) is 21.1. The molecule has 0 radical (unpaired) electrons. The highest BCUT2D eigenvalue weighted by atomic mass is 35.5. The fraction of sp³-hybridized carbons (Fsp3) is 0.259. The van der Waals surface area contributed by atoms with E-state index < -0.39 is 28.5 Å². The van der Waals surface area contributed by atoms with Crippen LogP contribution in [0.5, 0.6) is 0 Å². The highest BCUT2D eigenvalue weighted by Crippen LogP contribution is 2.30. The van der Waals surface area contributed by atoms with E-state index in [1.807, 2.05) is 31.2 Å². The maximum atomic E-state index is 13.8. The summed E-state index contributed by atoms with van der Waals surface area (Å²) in [6.07, 6.45) is 0. The Morgan fingerprint density at radius 2 is 1.64 bits per heavy atom. The van der Waals surface area contributed by atoms with Crippen molar-refractivity contribution in [2.75, 3.05) is 17.4 Å². The quantitative estimate of drug-likeness (QED) is 0.423. The fourth-order valence-electron chi connectivity index (χ4n) is 3.80. The van der Waals surface area contributed by atoms with E-state index in [0.717, 1.165) is 15.4 Å². The molecule has 3 rings (SSSR count). The molecule has 190 valence electrons. The minimum atomic E-state index is -4.14. The Labute approximate surface area is 217 Å². The van der Waals surface area contributed by atoms with Crippen molar-refractivity contribution in [1.29, 1.82) is 0 Å². The molecule has 2 amide bonds. The van der Waals surface area contributed by atoms with Crippen LogP contribution in [-0.2, 0) is 26.2 Å². The molecule has 3 aromatic carbocycles. The molecule has 0 aliphatic carbocycles. The van der Waals surface area contributed by atoms with Crippen molar-refractivity contribution in [2.45, 2.75) is 38.3 Å². The predicted octanol–water partition coefficient (Wildman–Crippen LogP) is 4.40. The summed E-state index contributed by atoms with van der Waals surface area (Å²) in [5.74, 6) is -0.858. The zero-order valence-corrected chi connectivity index (χ0v) is 22.1. The first-order valence-corrected chi connectivity index (χ1v) is 13.4. The lowest BCUT2D eigenvalue weighted by molar-refractivity contribution is -0.139. The summed E-state index contributed by atoms with van der Waals surface area (Å²) in [5, 5.41) is 2.93. The van der Waals surface area contributed by atoms with E-state index in [4.69, 9.17) is 11.6 Å². The molecular formula is C27H30ClN3O4S. The second-order valence-electron chi connectivity index (χ2n) is 8.36. The van der Waals surface area contributed by atoms with E-state index in [2.05, 4.69) is 5.32 Å². The van der Waals surface area contributed by atoms with Crippen LogP contribution in [0, 0.1) is 6.92 Å². The molecule has 9 heteroatoms. The largest absolute Gasteiger partial charge is 0.355 e. The van der Waals surface area contributed by atoms with Crippen LogP contribution in [0.15, 0.2) is 83.8 Å². The number of sulfonamides is 1. The molecule has 0 bridgehead atoms. The number of rotatable bonds is 10. The van der Waals surface area contributed by atoms with E-state index in [-0.39, 0.29) is 28.1 Å². The van der Waals surface area contributed by atoms with Crippen LogP contribution in [-0.4, -0.2) is 44.3 Å². The van der Waals surface area contributed by atoms with E-state index in [1.54, 1.807) is 56.3 Å². The average molecular weight is 528 g/mol. The molecule has 3 aromatic rings. The topological polar surface area (TPSA) is 86.8 Å². The first-order chi connectivity index (χ1) is 17.1. The smallest absolute Gasteiger partial charge is 0.264 e. The number of benzene rings is 3. The van der Waals surface area contributed by atoms with E-state index in [9.17, 15) is 18.0 Å².